The Morgan fingerprint density at radius 3 is 2.50 bits per heavy atom. The standard InChI is InChI=1S/C22H26N6O3S/c1-27(2)32(30,31)17-8-6-16(7-9-17)25-20-19-18(10-15-24-21(19)29)28(26-20)22(13-14-23)11-4-3-5-12-22/h6-10,15H,3-5,11-13H2,1-2H3,(H,24,29)(H,25,26). The Kier molecular flexibility index (Phi) is 5.79. The van der Waals surface area contributed by atoms with Crippen molar-refractivity contribution in [3.63, 3.8) is 0 Å². The van der Waals surface area contributed by atoms with Crippen molar-refractivity contribution in [1.82, 2.24) is 19.1 Å². The average molecular weight is 455 g/mol. The number of hydrogen-bond acceptors (Lipinski definition) is 6. The first-order valence-electron chi connectivity index (χ1n) is 10.6. The van der Waals surface area contributed by atoms with Gasteiger partial charge in [0.25, 0.3) is 5.56 Å². The smallest absolute Gasteiger partial charge is 0.261 e. The fourth-order valence-electron chi connectivity index (χ4n) is 4.40. The molecule has 2 heterocycles. The van der Waals surface area contributed by atoms with E-state index in [4.69, 9.17) is 5.10 Å². The summed E-state index contributed by atoms with van der Waals surface area (Å²) in [4.78, 5) is 15.6. The summed E-state index contributed by atoms with van der Waals surface area (Å²) in [5, 5.41) is 17.9. The lowest BCUT2D eigenvalue weighted by Crippen LogP contribution is -2.36. The fourth-order valence-corrected chi connectivity index (χ4v) is 5.31. The van der Waals surface area contributed by atoms with E-state index in [1.54, 1.807) is 18.3 Å². The van der Waals surface area contributed by atoms with Crippen LogP contribution in [0.2, 0.25) is 0 Å². The lowest BCUT2D eigenvalue weighted by atomic mass is 9.79. The van der Waals surface area contributed by atoms with Gasteiger partial charge in [-0.3, -0.25) is 9.48 Å². The lowest BCUT2D eigenvalue weighted by Gasteiger charge is -2.36. The molecule has 0 unspecified atom stereocenters. The van der Waals surface area contributed by atoms with E-state index in [1.165, 1.54) is 26.2 Å². The van der Waals surface area contributed by atoms with Gasteiger partial charge in [-0.1, -0.05) is 19.3 Å². The van der Waals surface area contributed by atoms with Crippen LogP contribution in [0.4, 0.5) is 11.5 Å². The lowest BCUT2D eigenvalue weighted by molar-refractivity contribution is 0.185. The predicted molar refractivity (Wildman–Crippen MR) is 122 cm³/mol. The molecule has 0 amide bonds. The third kappa shape index (κ3) is 3.78. The molecule has 0 spiro atoms. The quantitative estimate of drug-likeness (QED) is 0.589. The second-order valence-electron chi connectivity index (χ2n) is 8.38. The number of rotatable bonds is 6. The topological polar surface area (TPSA) is 124 Å². The first kappa shape index (κ1) is 22.0. The molecule has 0 aliphatic heterocycles. The van der Waals surface area contributed by atoms with Crippen LogP contribution in [0.5, 0.6) is 0 Å². The molecule has 2 N–H and O–H groups in total. The zero-order valence-corrected chi connectivity index (χ0v) is 18.9. The van der Waals surface area contributed by atoms with Crippen molar-refractivity contribution >= 4 is 32.4 Å². The van der Waals surface area contributed by atoms with E-state index in [9.17, 15) is 18.5 Å². The van der Waals surface area contributed by atoms with Crippen LogP contribution in [-0.2, 0) is 15.6 Å². The highest BCUT2D eigenvalue weighted by atomic mass is 32.2. The van der Waals surface area contributed by atoms with Crippen molar-refractivity contribution in [2.45, 2.75) is 49.0 Å². The van der Waals surface area contributed by atoms with Crippen LogP contribution >= 0.6 is 0 Å². The molecule has 1 aliphatic carbocycles. The summed E-state index contributed by atoms with van der Waals surface area (Å²) in [6, 6.07) is 10.4. The highest BCUT2D eigenvalue weighted by Crippen LogP contribution is 2.40. The Bertz CT molecular complexity index is 1330. The molecule has 10 heteroatoms. The monoisotopic (exact) mass is 454 g/mol. The number of sulfonamides is 1. The molecule has 0 bridgehead atoms. The summed E-state index contributed by atoms with van der Waals surface area (Å²) in [6.07, 6.45) is 6.73. The number of aromatic amines is 1. The summed E-state index contributed by atoms with van der Waals surface area (Å²) < 4.78 is 27.6. The number of H-pyrrole nitrogens is 1. The van der Waals surface area contributed by atoms with E-state index in [0.29, 0.717) is 28.8 Å². The van der Waals surface area contributed by atoms with Gasteiger partial charge in [-0.2, -0.15) is 10.4 Å². The molecule has 1 saturated carbocycles. The summed E-state index contributed by atoms with van der Waals surface area (Å²) in [6.45, 7) is 0. The summed E-state index contributed by atoms with van der Waals surface area (Å²) >= 11 is 0. The molecule has 9 nitrogen and oxygen atoms in total. The third-order valence-corrected chi connectivity index (χ3v) is 7.97. The van der Waals surface area contributed by atoms with Crippen molar-refractivity contribution in [3.05, 3.63) is 46.9 Å². The molecule has 0 radical (unpaired) electrons. The number of nitrogens with zero attached hydrogens (tertiary/aromatic N) is 4. The van der Waals surface area contributed by atoms with Crippen molar-refractivity contribution in [2.24, 2.45) is 0 Å². The molecule has 4 rings (SSSR count). The Hall–Kier alpha value is -3.16. The van der Waals surface area contributed by atoms with Gasteiger partial charge < -0.3 is 10.3 Å². The molecule has 1 aliphatic rings. The maximum atomic E-state index is 12.7. The van der Waals surface area contributed by atoms with Crippen LogP contribution in [0.25, 0.3) is 10.9 Å². The molecule has 32 heavy (non-hydrogen) atoms. The van der Waals surface area contributed by atoms with Crippen LogP contribution in [0, 0.1) is 11.3 Å². The van der Waals surface area contributed by atoms with Crippen LogP contribution in [0.1, 0.15) is 38.5 Å². The van der Waals surface area contributed by atoms with Gasteiger partial charge in [-0.15, -0.1) is 0 Å². The van der Waals surface area contributed by atoms with E-state index < -0.39 is 15.6 Å². The Labute approximate surface area is 186 Å². The molecule has 168 valence electrons. The molecule has 1 aromatic carbocycles. The van der Waals surface area contributed by atoms with E-state index in [1.807, 2.05) is 10.7 Å². The summed E-state index contributed by atoms with van der Waals surface area (Å²) in [7, 11) is -0.570. The van der Waals surface area contributed by atoms with E-state index in [0.717, 1.165) is 36.4 Å². The zero-order chi connectivity index (χ0) is 22.9. The van der Waals surface area contributed by atoms with Crippen molar-refractivity contribution in [3.8, 4) is 6.07 Å². The minimum absolute atomic E-state index is 0.177. The van der Waals surface area contributed by atoms with Crippen LogP contribution in [-0.4, -0.2) is 41.6 Å². The maximum Gasteiger partial charge on any atom is 0.261 e. The number of aromatic nitrogens is 3. The second-order valence-corrected chi connectivity index (χ2v) is 10.5. The number of nitrogens with one attached hydrogen (secondary N) is 2. The van der Waals surface area contributed by atoms with Crippen molar-refractivity contribution < 1.29 is 8.42 Å². The number of benzene rings is 1. The zero-order valence-electron chi connectivity index (χ0n) is 18.1. The summed E-state index contributed by atoms with van der Waals surface area (Å²) in [5.41, 5.74) is 0.574. The molecule has 0 atom stereocenters. The van der Waals surface area contributed by atoms with Gasteiger partial charge in [0.2, 0.25) is 10.0 Å². The van der Waals surface area contributed by atoms with E-state index in [-0.39, 0.29) is 10.5 Å². The molecule has 3 aromatic rings. The number of pyridine rings is 1. The van der Waals surface area contributed by atoms with Crippen LogP contribution < -0.4 is 10.9 Å². The number of nitriles is 1. The normalized spacial score (nSPS) is 16.2. The molecular formula is C22H26N6O3S. The average Bonchev–Trinajstić information content (AvgIpc) is 3.15. The molecule has 2 aromatic heterocycles. The third-order valence-electron chi connectivity index (χ3n) is 6.14. The van der Waals surface area contributed by atoms with Gasteiger partial charge in [0.05, 0.1) is 28.4 Å². The second kappa shape index (κ2) is 8.41. The Morgan fingerprint density at radius 1 is 1.19 bits per heavy atom. The number of hydrogen-bond donors (Lipinski definition) is 2. The van der Waals surface area contributed by atoms with Gasteiger partial charge >= 0.3 is 0 Å². The molecular weight excluding hydrogens is 428 g/mol. The van der Waals surface area contributed by atoms with E-state index in [2.05, 4.69) is 16.4 Å². The summed E-state index contributed by atoms with van der Waals surface area (Å²) in [5.74, 6) is 0.382. The highest BCUT2D eigenvalue weighted by molar-refractivity contribution is 7.89. The minimum Gasteiger partial charge on any atom is -0.338 e. The van der Waals surface area contributed by atoms with Gasteiger partial charge in [0, 0.05) is 26.0 Å². The van der Waals surface area contributed by atoms with Crippen LogP contribution in [0.15, 0.2) is 46.2 Å². The van der Waals surface area contributed by atoms with Crippen LogP contribution in [0.3, 0.4) is 0 Å². The molecule has 1 fully saturated rings. The minimum atomic E-state index is -3.53. The number of anilines is 2. The van der Waals surface area contributed by atoms with Gasteiger partial charge in [-0.05, 0) is 43.2 Å². The Morgan fingerprint density at radius 2 is 1.88 bits per heavy atom. The largest absolute Gasteiger partial charge is 0.338 e. The molecule has 0 saturated heterocycles. The van der Waals surface area contributed by atoms with E-state index >= 15 is 0 Å². The Balaban J connectivity index is 1.78. The van der Waals surface area contributed by atoms with Gasteiger partial charge in [0.15, 0.2) is 5.82 Å². The fraction of sp³-hybridized carbons (Fsp3) is 0.409. The first-order chi connectivity index (χ1) is 15.3. The highest BCUT2D eigenvalue weighted by Gasteiger charge is 2.37. The van der Waals surface area contributed by atoms with Crippen molar-refractivity contribution in [1.29, 1.82) is 5.26 Å². The number of fused-ring (bicyclic) bond motifs is 1. The first-order valence-corrected chi connectivity index (χ1v) is 12.0. The predicted octanol–water partition coefficient (Wildman–Crippen LogP) is 3.29. The van der Waals surface area contributed by atoms with Crippen molar-refractivity contribution in [2.75, 3.05) is 19.4 Å². The SMILES string of the molecule is CN(C)S(=O)(=O)c1ccc(Nc2nn(C3(CC#N)CCCCC3)c3cc[nH]c(=O)c23)cc1. The van der Waals surface area contributed by atoms with Gasteiger partial charge in [0.1, 0.15) is 5.39 Å². The van der Waals surface area contributed by atoms with Gasteiger partial charge in [-0.25, -0.2) is 12.7 Å². The maximum absolute atomic E-state index is 12.7.